The Balaban J connectivity index is 2.01. The molecule has 0 saturated carbocycles. The van der Waals surface area contributed by atoms with Crippen LogP contribution in [0.15, 0.2) is 35.2 Å². The first-order chi connectivity index (χ1) is 8.15. The van der Waals surface area contributed by atoms with Gasteiger partial charge in [-0.1, -0.05) is 0 Å². The number of nitrogen functional groups attached to an aromatic ring is 1. The van der Waals surface area contributed by atoms with Gasteiger partial charge in [0.1, 0.15) is 17.0 Å². The Bertz CT molecular complexity index is 539. The van der Waals surface area contributed by atoms with Gasteiger partial charge in [0, 0.05) is 12.4 Å². The third-order valence-corrected chi connectivity index (χ3v) is 2.63. The predicted molar refractivity (Wildman–Crippen MR) is 67.2 cm³/mol. The van der Waals surface area contributed by atoms with E-state index >= 15 is 0 Å². The van der Waals surface area contributed by atoms with Crippen molar-refractivity contribution in [1.29, 1.82) is 0 Å². The van der Waals surface area contributed by atoms with Gasteiger partial charge in [0.2, 0.25) is 5.91 Å². The van der Waals surface area contributed by atoms with Gasteiger partial charge in [-0.25, -0.2) is 4.98 Å². The largest absolute Gasteiger partial charge is 0.382 e. The zero-order valence-electron chi connectivity index (χ0n) is 8.80. The fraction of sp³-hybridized carbons (Fsp3) is 0.100. The van der Waals surface area contributed by atoms with E-state index in [1.165, 1.54) is 4.68 Å². The van der Waals surface area contributed by atoms with Crippen molar-refractivity contribution in [3.63, 3.8) is 0 Å². The molecule has 0 radical (unpaired) electrons. The van der Waals surface area contributed by atoms with Gasteiger partial charge in [-0.2, -0.15) is 5.10 Å². The van der Waals surface area contributed by atoms with Gasteiger partial charge in [-0.3, -0.25) is 9.48 Å². The molecular formula is C10H10BrN5O. The van der Waals surface area contributed by atoms with Crippen molar-refractivity contribution >= 4 is 33.3 Å². The van der Waals surface area contributed by atoms with Crippen LogP contribution in [0.4, 0.5) is 11.5 Å². The van der Waals surface area contributed by atoms with Gasteiger partial charge in [0.05, 0.1) is 5.69 Å². The van der Waals surface area contributed by atoms with Gasteiger partial charge in [0.25, 0.3) is 0 Å². The summed E-state index contributed by atoms with van der Waals surface area (Å²) >= 11 is 3.25. The maximum absolute atomic E-state index is 11.7. The number of nitrogens with zero attached hydrogens (tertiary/aromatic N) is 3. The summed E-state index contributed by atoms with van der Waals surface area (Å²) in [5.41, 5.74) is 6.07. The van der Waals surface area contributed by atoms with Crippen LogP contribution in [-0.4, -0.2) is 20.7 Å². The van der Waals surface area contributed by atoms with Crippen molar-refractivity contribution < 1.29 is 4.79 Å². The molecule has 0 unspecified atom stereocenters. The Labute approximate surface area is 106 Å². The number of nitrogens with two attached hydrogens (primary N) is 1. The Kier molecular flexibility index (Phi) is 3.38. The lowest BCUT2D eigenvalue weighted by Crippen LogP contribution is -2.19. The maximum Gasteiger partial charge on any atom is 0.246 e. The summed E-state index contributed by atoms with van der Waals surface area (Å²) in [7, 11) is 0. The second-order valence-electron chi connectivity index (χ2n) is 3.33. The van der Waals surface area contributed by atoms with Gasteiger partial charge in [-0.15, -0.1) is 0 Å². The van der Waals surface area contributed by atoms with Crippen LogP contribution in [0.5, 0.6) is 0 Å². The molecule has 0 aromatic carbocycles. The molecule has 2 rings (SSSR count). The number of amides is 1. The topological polar surface area (TPSA) is 85.8 Å². The molecule has 1 amide bonds. The average Bonchev–Trinajstić information content (AvgIpc) is 2.67. The van der Waals surface area contributed by atoms with Crippen molar-refractivity contribution in [2.24, 2.45) is 0 Å². The third kappa shape index (κ3) is 3.04. The van der Waals surface area contributed by atoms with Crippen molar-refractivity contribution in [3.05, 3.63) is 35.2 Å². The summed E-state index contributed by atoms with van der Waals surface area (Å²) in [6, 6.07) is 5.13. The first-order valence-electron chi connectivity index (χ1n) is 4.84. The van der Waals surface area contributed by atoms with E-state index in [9.17, 15) is 4.79 Å². The molecule has 0 saturated heterocycles. The number of anilines is 2. The number of hydrogen-bond acceptors (Lipinski definition) is 4. The quantitative estimate of drug-likeness (QED) is 0.835. The van der Waals surface area contributed by atoms with E-state index in [0.29, 0.717) is 16.1 Å². The lowest BCUT2D eigenvalue weighted by Gasteiger charge is -2.06. The Morgan fingerprint density at radius 3 is 3.00 bits per heavy atom. The second-order valence-corrected chi connectivity index (χ2v) is 4.08. The molecule has 0 aliphatic carbocycles. The average molecular weight is 296 g/mol. The first kappa shape index (κ1) is 11.6. The van der Waals surface area contributed by atoms with Gasteiger partial charge in [-0.05, 0) is 34.1 Å². The monoisotopic (exact) mass is 295 g/mol. The van der Waals surface area contributed by atoms with E-state index in [2.05, 4.69) is 31.3 Å². The standard InChI is InChI=1S/C10H10BrN5O/c11-10-7(2-1-4-13-10)14-9(17)6-16-5-3-8(12)15-16/h1-5H,6H2,(H2,12,15)(H,14,17). The summed E-state index contributed by atoms with van der Waals surface area (Å²) < 4.78 is 2.06. The molecule has 2 aromatic rings. The SMILES string of the molecule is Nc1ccn(CC(=O)Nc2cccnc2Br)n1. The maximum atomic E-state index is 11.7. The molecule has 17 heavy (non-hydrogen) atoms. The summed E-state index contributed by atoms with van der Waals surface area (Å²) in [4.78, 5) is 15.7. The Morgan fingerprint density at radius 1 is 1.53 bits per heavy atom. The van der Waals surface area contributed by atoms with Crippen LogP contribution in [-0.2, 0) is 11.3 Å². The van der Waals surface area contributed by atoms with Crippen molar-refractivity contribution in [2.45, 2.75) is 6.54 Å². The van der Waals surface area contributed by atoms with Crippen LogP contribution >= 0.6 is 15.9 Å². The minimum absolute atomic E-state index is 0.110. The lowest BCUT2D eigenvalue weighted by molar-refractivity contribution is -0.116. The molecule has 0 fully saturated rings. The molecule has 0 aliphatic heterocycles. The molecule has 7 heteroatoms. The summed E-state index contributed by atoms with van der Waals surface area (Å²) in [5, 5.41) is 6.64. The zero-order chi connectivity index (χ0) is 12.3. The highest BCUT2D eigenvalue weighted by atomic mass is 79.9. The van der Waals surface area contributed by atoms with Crippen molar-refractivity contribution in [1.82, 2.24) is 14.8 Å². The molecule has 0 aliphatic rings. The minimum atomic E-state index is -0.193. The Hall–Kier alpha value is -1.89. The number of nitrogens with one attached hydrogen (secondary N) is 1. The van der Waals surface area contributed by atoms with Crippen LogP contribution in [0.1, 0.15) is 0 Å². The fourth-order valence-corrected chi connectivity index (χ4v) is 1.63. The molecule has 0 atom stereocenters. The fourth-order valence-electron chi connectivity index (χ4n) is 1.28. The number of pyridine rings is 1. The van der Waals surface area contributed by atoms with E-state index in [1.807, 2.05) is 0 Å². The smallest absolute Gasteiger partial charge is 0.246 e. The molecular weight excluding hydrogens is 286 g/mol. The summed E-state index contributed by atoms with van der Waals surface area (Å²) in [6.45, 7) is 0.110. The van der Waals surface area contributed by atoms with Crippen LogP contribution in [0.2, 0.25) is 0 Å². The number of hydrogen-bond donors (Lipinski definition) is 2. The lowest BCUT2D eigenvalue weighted by atomic mass is 10.4. The third-order valence-electron chi connectivity index (χ3n) is 2.00. The van der Waals surface area contributed by atoms with E-state index in [1.54, 1.807) is 30.6 Å². The van der Waals surface area contributed by atoms with Crippen molar-refractivity contribution in [2.75, 3.05) is 11.1 Å². The highest BCUT2D eigenvalue weighted by Crippen LogP contribution is 2.18. The number of rotatable bonds is 3. The number of aromatic nitrogens is 3. The highest BCUT2D eigenvalue weighted by Gasteiger charge is 2.07. The van der Waals surface area contributed by atoms with Crippen LogP contribution in [0.3, 0.4) is 0 Å². The zero-order valence-corrected chi connectivity index (χ0v) is 10.4. The molecule has 6 nitrogen and oxygen atoms in total. The van der Waals surface area contributed by atoms with Crippen LogP contribution in [0.25, 0.3) is 0 Å². The summed E-state index contributed by atoms with van der Waals surface area (Å²) in [5.74, 6) is 0.196. The number of carbonyl (C=O) groups excluding carboxylic acids is 1. The van der Waals surface area contributed by atoms with Crippen LogP contribution < -0.4 is 11.1 Å². The second kappa shape index (κ2) is 4.96. The van der Waals surface area contributed by atoms with E-state index in [0.717, 1.165) is 0 Å². The number of halogens is 1. The van der Waals surface area contributed by atoms with E-state index < -0.39 is 0 Å². The van der Waals surface area contributed by atoms with Crippen LogP contribution in [0, 0.1) is 0 Å². The van der Waals surface area contributed by atoms with Gasteiger partial charge in [0.15, 0.2) is 0 Å². The molecule has 0 spiro atoms. The minimum Gasteiger partial charge on any atom is -0.382 e. The normalized spacial score (nSPS) is 10.2. The molecule has 0 bridgehead atoms. The van der Waals surface area contributed by atoms with Gasteiger partial charge >= 0.3 is 0 Å². The molecule has 3 N–H and O–H groups in total. The summed E-state index contributed by atoms with van der Waals surface area (Å²) in [6.07, 6.45) is 3.28. The highest BCUT2D eigenvalue weighted by molar-refractivity contribution is 9.10. The van der Waals surface area contributed by atoms with Crippen molar-refractivity contribution in [3.8, 4) is 0 Å². The van der Waals surface area contributed by atoms with Gasteiger partial charge < -0.3 is 11.1 Å². The Morgan fingerprint density at radius 2 is 2.35 bits per heavy atom. The molecule has 88 valence electrons. The first-order valence-corrected chi connectivity index (χ1v) is 5.64. The van der Waals surface area contributed by atoms with E-state index in [4.69, 9.17) is 5.73 Å². The number of carbonyl (C=O) groups is 1. The molecule has 2 aromatic heterocycles. The predicted octanol–water partition coefficient (Wildman–Crippen LogP) is 1.26. The van der Waals surface area contributed by atoms with E-state index in [-0.39, 0.29) is 12.5 Å². The molecule has 2 heterocycles.